The Morgan fingerprint density at radius 1 is 1.33 bits per heavy atom. The number of hydrogen-bond acceptors (Lipinski definition) is 3. The first kappa shape index (κ1) is 15.1. The Bertz CT molecular complexity index is 722. The van der Waals surface area contributed by atoms with Gasteiger partial charge < -0.3 is 10.3 Å². The Labute approximate surface area is 122 Å². The van der Waals surface area contributed by atoms with Gasteiger partial charge in [0, 0.05) is 17.2 Å². The largest absolute Gasteiger partial charge is 0.436 e. The van der Waals surface area contributed by atoms with Crippen LogP contribution in [0.2, 0.25) is 5.02 Å². The van der Waals surface area contributed by atoms with E-state index in [2.05, 4.69) is 16.3 Å². The van der Waals surface area contributed by atoms with E-state index < -0.39 is 17.8 Å². The van der Waals surface area contributed by atoms with E-state index in [1.165, 1.54) is 18.2 Å². The van der Waals surface area contributed by atoms with E-state index in [0.29, 0.717) is 5.56 Å². The van der Waals surface area contributed by atoms with E-state index >= 15 is 0 Å². The van der Waals surface area contributed by atoms with Crippen LogP contribution in [0.25, 0.3) is 16.9 Å². The lowest BCUT2D eigenvalue weighted by Gasteiger charge is -2.05. The third-order valence-corrected chi connectivity index (χ3v) is 2.99. The molecule has 0 aliphatic carbocycles. The smallest absolute Gasteiger partial charge is 0.366 e. The monoisotopic (exact) mass is 316 g/mol. The summed E-state index contributed by atoms with van der Waals surface area (Å²) in [5.41, 5.74) is 4.55. The van der Waals surface area contributed by atoms with Crippen LogP contribution < -0.4 is 5.73 Å². The van der Waals surface area contributed by atoms with Crippen LogP contribution in [0.4, 0.5) is 13.2 Å². The summed E-state index contributed by atoms with van der Waals surface area (Å²) in [5.74, 6) is -0.860. The predicted octanol–water partition coefficient (Wildman–Crippen LogP) is 3.51. The second-order valence-corrected chi connectivity index (χ2v) is 4.52. The molecule has 1 amide bonds. The van der Waals surface area contributed by atoms with Crippen molar-refractivity contribution < 1.29 is 22.5 Å². The van der Waals surface area contributed by atoms with Gasteiger partial charge in [0.15, 0.2) is 11.5 Å². The first-order chi connectivity index (χ1) is 9.70. The minimum atomic E-state index is -4.60. The van der Waals surface area contributed by atoms with Crippen molar-refractivity contribution in [2.45, 2.75) is 6.18 Å². The van der Waals surface area contributed by atoms with Gasteiger partial charge >= 0.3 is 6.18 Å². The fraction of sp³-hybridized carbons (Fsp3) is 0.0769. The average Bonchev–Trinajstić information content (AvgIpc) is 2.86. The molecule has 0 spiro atoms. The lowest BCUT2D eigenvalue weighted by molar-refractivity contribution is -0.142. The average molecular weight is 317 g/mol. The number of carbonyl (C=O) groups is 1. The van der Waals surface area contributed by atoms with Crippen LogP contribution in [0.1, 0.15) is 11.3 Å². The van der Waals surface area contributed by atoms with E-state index in [1.807, 2.05) is 0 Å². The number of nitrogens with zero attached hydrogens (tertiary/aromatic N) is 1. The van der Waals surface area contributed by atoms with E-state index in [-0.39, 0.29) is 21.9 Å². The zero-order valence-electron chi connectivity index (χ0n) is 10.4. The van der Waals surface area contributed by atoms with E-state index in [9.17, 15) is 18.0 Å². The Kier molecular flexibility index (Phi) is 3.78. The molecule has 0 saturated carbocycles. The second-order valence-electron chi connectivity index (χ2n) is 4.11. The van der Waals surface area contributed by atoms with Crippen molar-refractivity contribution in [3.63, 3.8) is 0 Å². The van der Waals surface area contributed by atoms with Gasteiger partial charge in [-0.2, -0.15) is 13.2 Å². The van der Waals surface area contributed by atoms with Crippen molar-refractivity contribution in [1.29, 1.82) is 0 Å². The molecule has 0 bridgehead atoms. The van der Waals surface area contributed by atoms with Gasteiger partial charge in [-0.05, 0) is 17.7 Å². The van der Waals surface area contributed by atoms with Crippen molar-refractivity contribution in [3.05, 3.63) is 47.1 Å². The molecule has 0 radical (unpaired) electrons. The van der Waals surface area contributed by atoms with E-state index in [0.717, 1.165) is 6.07 Å². The van der Waals surface area contributed by atoms with Crippen molar-refractivity contribution >= 4 is 23.1 Å². The van der Waals surface area contributed by atoms with Gasteiger partial charge in [0.25, 0.3) is 0 Å². The molecule has 110 valence electrons. The summed E-state index contributed by atoms with van der Waals surface area (Å²) in [4.78, 5) is 11.0. The van der Waals surface area contributed by atoms with Gasteiger partial charge in [-0.3, -0.25) is 4.79 Å². The molecule has 21 heavy (non-hydrogen) atoms. The summed E-state index contributed by atoms with van der Waals surface area (Å²) in [6, 6.07) is 4.94. The summed E-state index contributed by atoms with van der Waals surface area (Å²) >= 11 is 5.97. The molecular weight excluding hydrogens is 309 g/mol. The Morgan fingerprint density at radius 2 is 2.00 bits per heavy atom. The van der Waals surface area contributed by atoms with Crippen LogP contribution in [0.3, 0.4) is 0 Å². The van der Waals surface area contributed by atoms with Gasteiger partial charge in [0.1, 0.15) is 0 Å². The van der Waals surface area contributed by atoms with Crippen molar-refractivity contribution in [3.8, 4) is 11.3 Å². The minimum absolute atomic E-state index is 0.0389. The highest BCUT2D eigenvalue weighted by Gasteiger charge is 2.35. The molecule has 1 heterocycles. The van der Waals surface area contributed by atoms with Crippen molar-refractivity contribution in [1.82, 2.24) is 5.16 Å². The van der Waals surface area contributed by atoms with Crippen LogP contribution in [-0.2, 0) is 11.0 Å². The molecule has 0 atom stereocenters. The Morgan fingerprint density at radius 3 is 2.48 bits per heavy atom. The fourth-order valence-corrected chi connectivity index (χ4v) is 1.85. The van der Waals surface area contributed by atoms with Gasteiger partial charge in [-0.25, -0.2) is 0 Å². The van der Waals surface area contributed by atoms with Gasteiger partial charge in [0.05, 0.1) is 5.02 Å². The Hall–Kier alpha value is -2.28. The summed E-state index contributed by atoms with van der Waals surface area (Å²) in [6.45, 7) is 3.49. The zero-order chi connectivity index (χ0) is 15.8. The Balaban J connectivity index is 2.40. The molecule has 2 N–H and O–H groups in total. The van der Waals surface area contributed by atoms with E-state index in [1.54, 1.807) is 0 Å². The third kappa shape index (κ3) is 3.08. The molecule has 2 aromatic rings. The zero-order valence-corrected chi connectivity index (χ0v) is 11.1. The maximum Gasteiger partial charge on any atom is 0.436 e. The first-order valence-electron chi connectivity index (χ1n) is 5.53. The standard InChI is InChI=1S/C13H8ClF3N2O2/c1-6(12(18)20)7-2-3-8(9(14)4-7)10-5-11(19-21-10)13(15,16)17/h2-5H,1H2,(H2,18,20). The molecule has 0 unspecified atom stereocenters. The maximum atomic E-state index is 12.5. The lowest BCUT2D eigenvalue weighted by Crippen LogP contribution is -2.11. The second kappa shape index (κ2) is 5.25. The van der Waals surface area contributed by atoms with Gasteiger partial charge in [0.2, 0.25) is 5.91 Å². The number of halogens is 4. The molecule has 0 fully saturated rings. The molecule has 4 nitrogen and oxygen atoms in total. The van der Waals surface area contributed by atoms with Crippen LogP contribution in [0.5, 0.6) is 0 Å². The fourth-order valence-electron chi connectivity index (χ4n) is 1.58. The molecule has 0 saturated heterocycles. The lowest BCUT2D eigenvalue weighted by atomic mass is 10.0. The first-order valence-corrected chi connectivity index (χ1v) is 5.91. The number of alkyl halides is 3. The highest BCUT2D eigenvalue weighted by atomic mass is 35.5. The highest BCUT2D eigenvalue weighted by Crippen LogP contribution is 2.35. The number of primary amides is 1. The van der Waals surface area contributed by atoms with Crippen molar-refractivity contribution in [2.24, 2.45) is 5.73 Å². The summed E-state index contributed by atoms with van der Waals surface area (Å²) in [6.07, 6.45) is -4.60. The quantitative estimate of drug-likeness (QED) is 0.881. The minimum Gasteiger partial charge on any atom is -0.366 e. The summed E-state index contributed by atoms with van der Waals surface area (Å²) in [5, 5.41) is 3.02. The molecule has 1 aromatic heterocycles. The van der Waals surface area contributed by atoms with Gasteiger partial charge in [-0.15, -0.1) is 0 Å². The predicted molar refractivity (Wildman–Crippen MR) is 70.2 cm³/mol. The van der Waals surface area contributed by atoms with Crippen LogP contribution in [0, 0.1) is 0 Å². The number of carbonyl (C=O) groups excluding carboxylic acids is 1. The molecule has 8 heteroatoms. The molecule has 2 rings (SSSR count). The SMILES string of the molecule is C=C(C(N)=O)c1ccc(-c2cc(C(F)(F)F)no2)c(Cl)c1. The number of benzene rings is 1. The highest BCUT2D eigenvalue weighted by molar-refractivity contribution is 6.33. The van der Waals surface area contributed by atoms with E-state index in [4.69, 9.17) is 17.3 Å². The number of nitrogens with two attached hydrogens (primary N) is 1. The summed E-state index contributed by atoms with van der Waals surface area (Å²) < 4.78 is 42.0. The van der Waals surface area contributed by atoms with Crippen LogP contribution in [0.15, 0.2) is 35.4 Å². The van der Waals surface area contributed by atoms with Gasteiger partial charge in [-0.1, -0.05) is 29.4 Å². The molecular formula is C13H8ClF3N2O2. The third-order valence-electron chi connectivity index (χ3n) is 2.68. The number of rotatable bonds is 3. The molecule has 0 aliphatic rings. The van der Waals surface area contributed by atoms with Crippen LogP contribution >= 0.6 is 11.6 Å². The number of amides is 1. The van der Waals surface area contributed by atoms with Crippen LogP contribution in [-0.4, -0.2) is 11.1 Å². The van der Waals surface area contributed by atoms with Crippen molar-refractivity contribution in [2.75, 3.05) is 0 Å². The molecule has 1 aromatic carbocycles. The summed E-state index contributed by atoms with van der Waals surface area (Å²) in [7, 11) is 0. The number of hydrogen-bond donors (Lipinski definition) is 1. The number of aromatic nitrogens is 1. The normalized spacial score (nSPS) is 11.4. The topological polar surface area (TPSA) is 69.1 Å². The maximum absolute atomic E-state index is 12.5. The molecule has 0 aliphatic heterocycles.